The summed E-state index contributed by atoms with van der Waals surface area (Å²) in [7, 11) is 0. The maximum absolute atomic E-state index is 12.3. The van der Waals surface area contributed by atoms with Crippen LogP contribution in [-0.4, -0.2) is 37.2 Å². The van der Waals surface area contributed by atoms with Gasteiger partial charge in [0.05, 0.1) is 24.6 Å². The number of rotatable bonds is 3. The van der Waals surface area contributed by atoms with Crippen molar-refractivity contribution in [2.75, 3.05) is 36.5 Å². The Kier molecular flexibility index (Phi) is 4.70. The van der Waals surface area contributed by atoms with Crippen LogP contribution >= 0.6 is 15.9 Å². The van der Waals surface area contributed by atoms with Crippen LogP contribution in [0.25, 0.3) is 0 Å². The van der Waals surface area contributed by atoms with Crippen LogP contribution in [0.2, 0.25) is 0 Å². The summed E-state index contributed by atoms with van der Waals surface area (Å²) in [5.74, 6) is -0.215. The molecule has 0 aliphatic carbocycles. The second-order valence-corrected chi connectivity index (χ2v) is 5.85. The second kappa shape index (κ2) is 6.89. The van der Waals surface area contributed by atoms with E-state index >= 15 is 0 Å². The van der Waals surface area contributed by atoms with Gasteiger partial charge in [0.25, 0.3) is 5.91 Å². The fourth-order valence-electron chi connectivity index (χ4n) is 2.37. The van der Waals surface area contributed by atoms with Crippen molar-refractivity contribution in [3.8, 4) is 0 Å². The van der Waals surface area contributed by atoms with E-state index in [1.807, 2.05) is 18.2 Å². The van der Waals surface area contributed by atoms with Gasteiger partial charge in [0.1, 0.15) is 5.69 Å². The Balaban J connectivity index is 1.85. The molecule has 22 heavy (non-hydrogen) atoms. The van der Waals surface area contributed by atoms with Gasteiger partial charge in [-0.3, -0.25) is 9.78 Å². The molecule has 0 saturated carbocycles. The topological polar surface area (TPSA) is 54.5 Å². The lowest BCUT2D eigenvalue weighted by Crippen LogP contribution is -2.36. The van der Waals surface area contributed by atoms with Gasteiger partial charge in [0.2, 0.25) is 0 Å². The minimum atomic E-state index is -0.215. The lowest BCUT2D eigenvalue weighted by atomic mass is 10.2. The number of hydrogen-bond acceptors (Lipinski definition) is 4. The number of carbonyl (C=O) groups excluding carboxylic acids is 1. The van der Waals surface area contributed by atoms with Crippen molar-refractivity contribution in [3.63, 3.8) is 0 Å². The molecule has 3 rings (SSSR count). The zero-order valence-electron chi connectivity index (χ0n) is 12.0. The zero-order valence-corrected chi connectivity index (χ0v) is 13.5. The van der Waals surface area contributed by atoms with Crippen LogP contribution in [0, 0.1) is 0 Å². The molecule has 1 amide bonds. The summed E-state index contributed by atoms with van der Waals surface area (Å²) >= 11 is 3.46. The van der Waals surface area contributed by atoms with Crippen molar-refractivity contribution < 1.29 is 9.53 Å². The van der Waals surface area contributed by atoms with Crippen LogP contribution < -0.4 is 10.2 Å². The molecule has 0 spiro atoms. The molecular formula is C16H16BrN3O2. The molecule has 0 unspecified atom stereocenters. The van der Waals surface area contributed by atoms with Gasteiger partial charge in [0, 0.05) is 23.8 Å². The van der Waals surface area contributed by atoms with Crippen LogP contribution in [0.4, 0.5) is 11.4 Å². The Morgan fingerprint density at radius 2 is 2.05 bits per heavy atom. The molecular weight excluding hydrogens is 346 g/mol. The molecule has 0 bridgehead atoms. The van der Waals surface area contributed by atoms with E-state index in [2.05, 4.69) is 31.1 Å². The molecule has 1 N–H and O–H groups in total. The van der Waals surface area contributed by atoms with E-state index in [9.17, 15) is 4.79 Å². The molecule has 2 heterocycles. The van der Waals surface area contributed by atoms with Crippen molar-refractivity contribution in [3.05, 3.63) is 52.8 Å². The van der Waals surface area contributed by atoms with Crippen molar-refractivity contribution in [2.24, 2.45) is 0 Å². The van der Waals surface area contributed by atoms with Gasteiger partial charge >= 0.3 is 0 Å². The van der Waals surface area contributed by atoms with Gasteiger partial charge in [0.15, 0.2) is 0 Å². The number of amides is 1. The molecule has 1 aromatic heterocycles. The first-order valence-electron chi connectivity index (χ1n) is 7.09. The number of benzene rings is 1. The first-order chi connectivity index (χ1) is 10.7. The van der Waals surface area contributed by atoms with E-state index in [0.717, 1.165) is 28.9 Å². The van der Waals surface area contributed by atoms with Crippen LogP contribution in [0.5, 0.6) is 0 Å². The molecule has 2 aromatic rings. The summed E-state index contributed by atoms with van der Waals surface area (Å²) in [6.07, 6.45) is 1.61. The van der Waals surface area contributed by atoms with E-state index in [1.54, 1.807) is 24.4 Å². The summed E-state index contributed by atoms with van der Waals surface area (Å²) in [4.78, 5) is 18.6. The number of pyridine rings is 1. The molecule has 1 aromatic carbocycles. The Morgan fingerprint density at radius 1 is 1.23 bits per heavy atom. The largest absolute Gasteiger partial charge is 0.378 e. The first kappa shape index (κ1) is 15.0. The second-order valence-electron chi connectivity index (χ2n) is 4.93. The summed E-state index contributed by atoms with van der Waals surface area (Å²) in [5.41, 5.74) is 2.16. The van der Waals surface area contributed by atoms with Crippen LogP contribution in [0.3, 0.4) is 0 Å². The molecule has 0 atom stereocenters. The number of nitrogens with zero attached hydrogens (tertiary/aromatic N) is 2. The van der Waals surface area contributed by atoms with Gasteiger partial charge in [-0.1, -0.05) is 22.0 Å². The molecule has 1 aliphatic rings. The number of ether oxygens (including phenoxy) is 1. The van der Waals surface area contributed by atoms with Gasteiger partial charge in [-0.2, -0.15) is 0 Å². The van der Waals surface area contributed by atoms with Crippen molar-refractivity contribution in [2.45, 2.75) is 0 Å². The number of aromatic nitrogens is 1. The van der Waals surface area contributed by atoms with E-state index < -0.39 is 0 Å². The third-order valence-corrected chi connectivity index (χ3v) is 3.95. The molecule has 5 nitrogen and oxygen atoms in total. The molecule has 6 heteroatoms. The van der Waals surface area contributed by atoms with Gasteiger partial charge < -0.3 is 15.0 Å². The van der Waals surface area contributed by atoms with E-state index in [-0.39, 0.29) is 5.91 Å². The standard InChI is InChI=1S/C16H16BrN3O2/c17-12-4-5-15(20-7-9-22-10-8-20)14(11-12)19-16(21)13-3-1-2-6-18-13/h1-6,11H,7-10H2,(H,19,21). The lowest BCUT2D eigenvalue weighted by molar-refractivity contribution is 0.102. The van der Waals surface area contributed by atoms with Crippen molar-refractivity contribution >= 4 is 33.2 Å². The predicted molar refractivity (Wildman–Crippen MR) is 89.4 cm³/mol. The summed E-state index contributed by atoms with van der Waals surface area (Å²) in [5, 5.41) is 2.95. The Hall–Kier alpha value is -1.92. The quantitative estimate of drug-likeness (QED) is 0.912. The molecule has 114 valence electrons. The third kappa shape index (κ3) is 3.45. The van der Waals surface area contributed by atoms with Crippen LogP contribution in [0.15, 0.2) is 47.1 Å². The average molecular weight is 362 g/mol. The number of anilines is 2. The Morgan fingerprint density at radius 3 is 2.77 bits per heavy atom. The van der Waals surface area contributed by atoms with Gasteiger partial charge in [-0.15, -0.1) is 0 Å². The molecule has 1 fully saturated rings. The number of hydrogen-bond donors (Lipinski definition) is 1. The summed E-state index contributed by atoms with van der Waals surface area (Å²) in [6.45, 7) is 3.02. The maximum atomic E-state index is 12.3. The van der Waals surface area contributed by atoms with E-state index in [4.69, 9.17) is 4.74 Å². The fraction of sp³-hybridized carbons (Fsp3) is 0.250. The smallest absolute Gasteiger partial charge is 0.274 e. The number of nitrogens with one attached hydrogen (secondary N) is 1. The first-order valence-corrected chi connectivity index (χ1v) is 7.88. The Bertz CT molecular complexity index is 658. The minimum absolute atomic E-state index is 0.215. The van der Waals surface area contributed by atoms with Crippen molar-refractivity contribution in [1.82, 2.24) is 4.98 Å². The SMILES string of the molecule is O=C(Nc1cc(Br)ccc1N1CCOCC1)c1ccccn1. The third-order valence-electron chi connectivity index (χ3n) is 3.46. The summed E-state index contributed by atoms with van der Waals surface area (Å²) < 4.78 is 6.30. The minimum Gasteiger partial charge on any atom is -0.378 e. The van der Waals surface area contributed by atoms with Gasteiger partial charge in [-0.05, 0) is 30.3 Å². The highest BCUT2D eigenvalue weighted by Crippen LogP contribution is 2.30. The highest BCUT2D eigenvalue weighted by molar-refractivity contribution is 9.10. The fourth-order valence-corrected chi connectivity index (χ4v) is 2.73. The highest BCUT2D eigenvalue weighted by atomic mass is 79.9. The zero-order chi connectivity index (χ0) is 15.4. The van der Waals surface area contributed by atoms with Crippen LogP contribution in [-0.2, 0) is 4.74 Å². The molecule has 1 saturated heterocycles. The normalized spacial score (nSPS) is 14.7. The number of halogens is 1. The number of morpholine rings is 1. The van der Waals surface area contributed by atoms with E-state index in [0.29, 0.717) is 18.9 Å². The highest BCUT2D eigenvalue weighted by Gasteiger charge is 2.17. The maximum Gasteiger partial charge on any atom is 0.274 e. The monoisotopic (exact) mass is 361 g/mol. The van der Waals surface area contributed by atoms with Crippen molar-refractivity contribution in [1.29, 1.82) is 0 Å². The molecule has 1 aliphatic heterocycles. The Labute approximate surface area is 137 Å². The number of carbonyl (C=O) groups is 1. The van der Waals surface area contributed by atoms with Crippen LogP contribution in [0.1, 0.15) is 10.5 Å². The summed E-state index contributed by atoms with van der Waals surface area (Å²) in [6, 6.07) is 11.2. The lowest BCUT2D eigenvalue weighted by Gasteiger charge is -2.30. The van der Waals surface area contributed by atoms with E-state index in [1.165, 1.54) is 0 Å². The average Bonchev–Trinajstić information content (AvgIpc) is 2.56. The predicted octanol–water partition coefficient (Wildman–Crippen LogP) is 2.93. The van der Waals surface area contributed by atoms with Gasteiger partial charge in [-0.25, -0.2) is 0 Å². The molecule has 0 radical (unpaired) electrons.